The number of anilines is 1. The van der Waals surface area contributed by atoms with E-state index in [1.165, 1.54) is 15.7 Å². The lowest BCUT2D eigenvalue weighted by molar-refractivity contribution is -0.115. The highest BCUT2D eigenvalue weighted by Crippen LogP contribution is 2.39. The fraction of sp³-hybridized carbons (Fsp3) is 0.381. The second kappa shape index (κ2) is 8.80. The van der Waals surface area contributed by atoms with Crippen LogP contribution in [0.15, 0.2) is 28.3 Å². The topological polar surface area (TPSA) is 103 Å². The van der Waals surface area contributed by atoms with E-state index in [9.17, 15) is 14.4 Å². The molecule has 3 heterocycles. The summed E-state index contributed by atoms with van der Waals surface area (Å²) in [6.45, 7) is 5.66. The Morgan fingerprint density at radius 1 is 1.35 bits per heavy atom. The highest BCUT2D eigenvalue weighted by Gasteiger charge is 2.29. The highest BCUT2D eigenvalue weighted by molar-refractivity contribution is 8.00. The van der Waals surface area contributed by atoms with E-state index in [1.54, 1.807) is 32.2 Å². The van der Waals surface area contributed by atoms with E-state index in [1.807, 2.05) is 6.92 Å². The Morgan fingerprint density at radius 2 is 2.16 bits per heavy atom. The van der Waals surface area contributed by atoms with Crippen LogP contribution in [0.5, 0.6) is 0 Å². The second-order valence-corrected chi connectivity index (χ2v) is 9.67. The zero-order chi connectivity index (χ0) is 22.1. The number of nitrogens with one attached hydrogen (secondary N) is 1. The van der Waals surface area contributed by atoms with Gasteiger partial charge in [-0.05, 0) is 63.3 Å². The van der Waals surface area contributed by atoms with Crippen molar-refractivity contribution in [3.05, 3.63) is 50.4 Å². The number of thiophene rings is 1. The molecule has 1 aliphatic rings. The molecule has 0 aromatic carbocycles. The van der Waals surface area contributed by atoms with Gasteiger partial charge in [-0.2, -0.15) is 4.98 Å². The molecule has 1 N–H and O–H groups in total. The molecule has 10 heteroatoms. The zero-order valence-corrected chi connectivity index (χ0v) is 19.1. The average Bonchev–Trinajstić information content (AvgIpc) is 3.28. The second-order valence-electron chi connectivity index (χ2n) is 7.25. The summed E-state index contributed by atoms with van der Waals surface area (Å²) in [5.74, 6) is -0.692. The fourth-order valence-corrected chi connectivity index (χ4v) is 5.53. The number of fused-ring (bicyclic) bond motifs is 2. The number of hydrogen-bond acceptors (Lipinski definition) is 8. The molecule has 4 rings (SSSR count). The van der Waals surface area contributed by atoms with Crippen molar-refractivity contribution in [3.8, 4) is 0 Å². The van der Waals surface area contributed by atoms with Gasteiger partial charge in [0.2, 0.25) is 5.91 Å². The van der Waals surface area contributed by atoms with E-state index >= 15 is 0 Å². The number of aromatic nitrogens is 3. The highest BCUT2D eigenvalue weighted by atomic mass is 32.2. The monoisotopic (exact) mass is 458 g/mol. The third-order valence-electron chi connectivity index (χ3n) is 4.99. The van der Waals surface area contributed by atoms with Gasteiger partial charge in [0.1, 0.15) is 10.6 Å². The van der Waals surface area contributed by atoms with E-state index in [0.717, 1.165) is 47.0 Å². The smallest absolute Gasteiger partial charge is 0.355 e. The Bertz CT molecular complexity index is 1230. The molecule has 0 radical (unpaired) electrons. The lowest BCUT2D eigenvalue weighted by Crippen LogP contribution is -2.25. The van der Waals surface area contributed by atoms with Crippen molar-refractivity contribution in [2.75, 3.05) is 11.9 Å². The summed E-state index contributed by atoms with van der Waals surface area (Å²) in [6, 6.07) is 3.59. The Morgan fingerprint density at radius 3 is 2.94 bits per heavy atom. The van der Waals surface area contributed by atoms with Crippen molar-refractivity contribution in [1.29, 1.82) is 0 Å². The maximum absolute atomic E-state index is 12.9. The molecule has 0 saturated carbocycles. The number of ether oxygens (including phenoxy) is 1. The van der Waals surface area contributed by atoms with Crippen LogP contribution >= 0.6 is 23.1 Å². The molecule has 162 valence electrons. The molecule has 8 nitrogen and oxygen atoms in total. The summed E-state index contributed by atoms with van der Waals surface area (Å²) in [4.78, 5) is 47.1. The van der Waals surface area contributed by atoms with Gasteiger partial charge < -0.3 is 10.1 Å². The average molecular weight is 459 g/mol. The van der Waals surface area contributed by atoms with Gasteiger partial charge in [-0.25, -0.2) is 14.6 Å². The van der Waals surface area contributed by atoms with Gasteiger partial charge in [-0.15, -0.1) is 11.3 Å². The maximum Gasteiger partial charge on any atom is 0.355 e. The van der Waals surface area contributed by atoms with Crippen LogP contribution in [0.2, 0.25) is 0 Å². The summed E-state index contributed by atoms with van der Waals surface area (Å²) < 4.78 is 6.57. The predicted octanol–water partition coefficient (Wildman–Crippen LogP) is 3.24. The molecule has 0 bridgehead atoms. The van der Waals surface area contributed by atoms with Gasteiger partial charge >= 0.3 is 11.7 Å². The minimum Gasteiger partial charge on any atom is -0.462 e. The molecule has 31 heavy (non-hydrogen) atoms. The molecule has 1 amide bonds. The number of carbonyl (C=O) groups is 2. The lowest BCUT2D eigenvalue weighted by Gasteiger charge is -2.12. The Kier molecular flexibility index (Phi) is 6.10. The first-order chi connectivity index (χ1) is 14.9. The number of nitrogens with zero attached hydrogens (tertiary/aromatic N) is 3. The normalized spacial score (nSPS) is 13.8. The first kappa shape index (κ1) is 21.5. The first-order valence-electron chi connectivity index (χ1n) is 10.0. The van der Waals surface area contributed by atoms with Crippen LogP contribution in [0.1, 0.15) is 46.6 Å². The lowest BCUT2D eigenvalue weighted by atomic mass is 10.1. The zero-order valence-electron chi connectivity index (χ0n) is 17.4. The Labute approximate surface area is 187 Å². The van der Waals surface area contributed by atoms with Crippen molar-refractivity contribution in [3.63, 3.8) is 0 Å². The van der Waals surface area contributed by atoms with Gasteiger partial charge in [0, 0.05) is 11.1 Å². The van der Waals surface area contributed by atoms with Gasteiger partial charge in [-0.3, -0.25) is 9.20 Å². The van der Waals surface area contributed by atoms with Crippen LogP contribution in [-0.2, 0) is 22.4 Å². The van der Waals surface area contributed by atoms with Crippen molar-refractivity contribution < 1.29 is 14.3 Å². The SMILES string of the molecule is CCOC(=O)c1c(NC(=O)C(C)Sc2nc(=O)n3ccc(C)cc3n2)sc2c1CCC2. The van der Waals surface area contributed by atoms with Crippen LogP contribution < -0.4 is 11.0 Å². The molecular weight excluding hydrogens is 436 g/mol. The Hall–Kier alpha value is -2.72. The molecule has 0 saturated heterocycles. The number of amides is 1. The molecule has 3 aromatic heterocycles. The molecule has 0 spiro atoms. The van der Waals surface area contributed by atoms with Gasteiger partial charge in [0.15, 0.2) is 5.16 Å². The molecule has 1 unspecified atom stereocenters. The predicted molar refractivity (Wildman–Crippen MR) is 120 cm³/mol. The third-order valence-corrected chi connectivity index (χ3v) is 7.15. The minimum absolute atomic E-state index is 0.234. The van der Waals surface area contributed by atoms with Crippen LogP contribution in [0.25, 0.3) is 5.65 Å². The summed E-state index contributed by atoms with van der Waals surface area (Å²) in [7, 11) is 0. The minimum atomic E-state index is -0.571. The van der Waals surface area contributed by atoms with Crippen molar-refractivity contribution in [1.82, 2.24) is 14.4 Å². The van der Waals surface area contributed by atoms with Crippen molar-refractivity contribution >= 4 is 45.6 Å². The third kappa shape index (κ3) is 4.35. The summed E-state index contributed by atoms with van der Waals surface area (Å²) >= 11 is 2.54. The van der Waals surface area contributed by atoms with E-state index in [4.69, 9.17) is 4.74 Å². The van der Waals surface area contributed by atoms with Crippen molar-refractivity contribution in [2.24, 2.45) is 0 Å². The number of hydrogen-bond donors (Lipinski definition) is 1. The molecule has 1 atom stereocenters. The molecule has 1 aliphatic carbocycles. The maximum atomic E-state index is 12.9. The number of aryl methyl sites for hydroxylation is 2. The molecule has 0 fully saturated rings. The van der Waals surface area contributed by atoms with Crippen LogP contribution in [-0.4, -0.2) is 38.1 Å². The fourth-order valence-electron chi connectivity index (χ4n) is 3.49. The summed E-state index contributed by atoms with van der Waals surface area (Å²) in [5, 5.41) is 3.07. The van der Waals surface area contributed by atoms with E-state index in [2.05, 4.69) is 15.3 Å². The van der Waals surface area contributed by atoms with Crippen molar-refractivity contribution in [2.45, 2.75) is 50.4 Å². The number of carbonyl (C=O) groups excluding carboxylic acids is 2. The largest absolute Gasteiger partial charge is 0.462 e. The van der Waals surface area contributed by atoms with E-state index in [0.29, 0.717) is 16.2 Å². The first-order valence-corrected chi connectivity index (χ1v) is 11.7. The number of pyridine rings is 1. The van der Waals surface area contributed by atoms with Crippen LogP contribution in [0.3, 0.4) is 0 Å². The number of rotatable bonds is 6. The van der Waals surface area contributed by atoms with Crippen LogP contribution in [0, 0.1) is 6.92 Å². The van der Waals surface area contributed by atoms with Gasteiger partial charge in [-0.1, -0.05) is 11.8 Å². The summed E-state index contributed by atoms with van der Waals surface area (Å²) in [6.07, 6.45) is 4.35. The molecule has 3 aromatic rings. The van der Waals surface area contributed by atoms with E-state index in [-0.39, 0.29) is 17.7 Å². The van der Waals surface area contributed by atoms with Gasteiger partial charge in [0.25, 0.3) is 0 Å². The molecular formula is C21H22N4O4S2. The summed E-state index contributed by atoms with van der Waals surface area (Å²) in [5.41, 5.74) is 2.46. The Balaban J connectivity index is 1.54. The molecule has 0 aliphatic heterocycles. The quantitative estimate of drug-likeness (QED) is 0.447. The standard InChI is InChI=1S/C21H22N4O4S2/c1-4-29-19(27)16-13-6-5-7-14(13)31-18(16)23-17(26)12(3)30-20-22-15-10-11(2)8-9-25(15)21(28)24-20/h8-10,12H,4-7H2,1-3H3,(H,23,26). The van der Waals surface area contributed by atoms with E-state index < -0.39 is 16.9 Å². The number of esters is 1. The number of thioether (sulfide) groups is 1. The van der Waals surface area contributed by atoms with Gasteiger partial charge in [0.05, 0.1) is 17.4 Å². The van der Waals surface area contributed by atoms with Crippen LogP contribution in [0.4, 0.5) is 5.00 Å².